The number of carbonyl (C=O) groups is 1. The second-order valence-electron chi connectivity index (χ2n) is 5.28. The molecule has 110 valence electrons. The first kappa shape index (κ1) is 13.8. The minimum absolute atomic E-state index is 0.0195. The SMILES string of the molecule is CCCNC1CCN(C(=O)c2ccn[nH]2)c2ccccc21. The van der Waals surface area contributed by atoms with Gasteiger partial charge in [-0.2, -0.15) is 5.10 Å². The number of rotatable bonds is 4. The molecule has 1 aromatic heterocycles. The Labute approximate surface area is 124 Å². The molecule has 1 aliphatic heterocycles. The maximum atomic E-state index is 12.6. The number of carbonyl (C=O) groups excluding carboxylic acids is 1. The second kappa shape index (κ2) is 6.10. The molecule has 21 heavy (non-hydrogen) atoms. The highest BCUT2D eigenvalue weighted by molar-refractivity contribution is 6.05. The highest BCUT2D eigenvalue weighted by atomic mass is 16.2. The number of fused-ring (bicyclic) bond motifs is 1. The van der Waals surface area contributed by atoms with E-state index in [-0.39, 0.29) is 5.91 Å². The van der Waals surface area contributed by atoms with Gasteiger partial charge in [-0.1, -0.05) is 25.1 Å². The van der Waals surface area contributed by atoms with Crippen molar-refractivity contribution in [2.75, 3.05) is 18.0 Å². The van der Waals surface area contributed by atoms with Gasteiger partial charge in [0.2, 0.25) is 0 Å². The van der Waals surface area contributed by atoms with Crippen LogP contribution in [0.25, 0.3) is 0 Å². The average Bonchev–Trinajstić information content (AvgIpc) is 3.06. The molecule has 0 saturated carbocycles. The van der Waals surface area contributed by atoms with E-state index in [0.29, 0.717) is 11.7 Å². The van der Waals surface area contributed by atoms with Crippen molar-refractivity contribution in [2.24, 2.45) is 0 Å². The van der Waals surface area contributed by atoms with Gasteiger partial charge in [-0.15, -0.1) is 0 Å². The molecular formula is C16H20N4O. The maximum absolute atomic E-state index is 12.6. The van der Waals surface area contributed by atoms with Crippen LogP contribution in [0.4, 0.5) is 5.69 Å². The van der Waals surface area contributed by atoms with Crippen molar-refractivity contribution < 1.29 is 4.79 Å². The Balaban J connectivity index is 1.89. The number of hydrogen-bond donors (Lipinski definition) is 2. The summed E-state index contributed by atoms with van der Waals surface area (Å²) in [5.74, 6) is -0.0195. The van der Waals surface area contributed by atoms with Gasteiger partial charge in [0.1, 0.15) is 5.69 Å². The summed E-state index contributed by atoms with van der Waals surface area (Å²) in [6, 6.07) is 10.2. The molecule has 5 heteroatoms. The first-order valence-electron chi connectivity index (χ1n) is 7.44. The summed E-state index contributed by atoms with van der Waals surface area (Å²) in [5, 5.41) is 10.2. The number of benzene rings is 1. The predicted molar refractivity (Wildman–Crippen MR) is 82.4 cm³/mol. The van der Waals surface area contributed by atoms with E-state index in [9.17, 15) is 4.79 Å². The van der Waals surface area contributed by atoms with Crippen molar-refractivity contribution >= 4 is 11.6 Å². The summed E-state index contributed by atoms with van der Waals surface area (Å²) >= 11 is 0. The molecule has 1 aliphatic rings. The molecule has 0 saturated heterocycles. The van der Waals surface area contributed by atoms with Gasteiger partial charge in [0.25, 0.3) is 5.91 Å². The molecule has 2 aromatic rings. The van der Waals surface area contributed by atoms with E-state index in [1.807, 2.05) is 23.1 Å². The van der Waals surface area contributed by atoms with E-state index >= 15 is 0 Å². The van der Waals surface area contributed by atoms with Crippen LogP contribution in [0.3, 0.4) is 0 Å². The lowest BCUT2D eigenvalue weighted by Crippen LogP contribution is -2.40. The largest absolute Gasteiger partial charge is 0.310 e. The molecule has 1 atom stereocenters. The summed E-state index contributed by atoms with van der Waals surface area (Å²) in [5.41, 5.74) is 2.73. The third kappa shape index (κ3) is 2.69. The Morgan fingerprint density at radius 3 is 3.05 bits per heavy atom. The summed E-state index contributed by atoms with van der Waals surface area (Å²) in [6.07, 6.45) is 3.64. The molecule has 2 N–H and O–H groups in total. The van der Waals surface area contributed by atoms with E-state index < -0.39 is 0 Å². The zero-order chi connectivity index (χ0) is 14.7. The number of H-pyrrole nitrogens is 1. The number of nitrogens with zero attached hydrogens (tertiary/aromatic N) is 2. The standard InChI is InChI=1S/C16H20N4O/c1-2-9-17-13-8-11-20(15-6-4-3-5-12(13)15)16(21)14-7-10-18-19-14/h3-7,10,13,17H,2,8-9,11H2,1H3,(H,18,19). The fraction of sp³-hybridized carbons (Fsp3) is 0.375. The Hall–Kier alpha value is -2.14. The average molecular weight is 284 g/mol. The molecule has 5 nitrogen and oxygen atoms in total. The van der Waals surface area contributed by atoms with E-state index in [1.165, 1.54) is 5.56 Å². The van der Waals surface area contributed by atoms with Crippen molar-refractivity contribution in [2.45, 2.75) is 25.8 Å². The fourth-order valence-corrected chi connectivity index (χ4v) is 2.82. The number of amides is 1. The Morgan fingerprint density at radius 1 is 1.43 bits per heavy atom. The van der Waals surface area contributed by atoms with Gasteiger partial charge in [-0.05, 0) is 37.1 Å². The van der Waals surface area contributed by atoms with Crippen molar-refractivity contribution in [3.8, 4) is 0 Å². The Morgan fingerprint density at radius 2 is 2.29 bits per heavy atom. The predicted octanol–water partition coefficient (Wildman–Crippen LogP) is 2.50. The lowest BCUT2D eigenvalue weighted by Gasteiger charge is -2.34. The number of para-hydroxylation sites is 1. The van der Waals surface area contributed by atoms with Crippen molar-refractivity contribution in [3.05, 3.63) is 47.8 Å². The van der Waals surface area contributed by atoms with Crippen LogP contribution in [0.1, 0.15) is 41.9 Å². The van der Waals surface area contributed by atoms with Crippen LogP contribution in [-0.2, 0) is 0 Å². The van der Waals surface area contributed by atoms with E-state index in [1.54, 1.807) is 12.3 Å². The summed E-state index contributed by atoms with van der Waals surface area (Å²) in [4.78, 5) is 14.4. The molecule has 0 aliphatic carbocycles. The van der Waals surface area contributed by atoms with Crippen molar-refractivity contribution in [1.82, 2.24) is 15.5 Å². The highest BCUT2D eigenvalue weighted by Crippen LogP contribution is 2.34. The minimum Gasteiger partial charge on any atom is -0.310 e. The first-order valence-corrected chi connectivity index (χ1v) is 7.44. The Kier molecular flexibility index (Phi) is 4.01. The molecule has 0 fully saturated rings. The normalized spacial score (nSPS) is 17.6. The fourth-order valence-electron chi connectivity index (χ4n) is 2.82. The molecule has 0 spiro atoms. The molecule has 0 bridgehead atoms. The molecule has 2 heterocycles. The zero-order valence-electron chi connectivity index (χ0n) is 12.2. The summed E-state index contributed by atoms with van der Waals surface area (Å²) in [7, 11) is 0. The van der Waals surface area contributed by atoms with E-state index in [4.69, 9.17) is 0 Å². The van der Waals surface area contributed by atoms with Crippen LogP contribution in [0, 0.1) is 0 Å². The van der Waals surface area contributed by atoms with Gasteiger partial charge in [-0.3, -0.25) is 9.89 Å². The van der Waals surface area contributed by atoms with Crippen LogP contribution in [0.5, 0.6) is 0 Å². The van der Waals surface area contributed by atoms with Crippen LogP contribution in [-0.4, -0.2) is 29.2 Å². The topological polar surface area (TPSA) is 61.0 Å². The second-order valence-corrected chi connectivity index (χ2v) is 5.28. The monoisotopic (exact) mass is 284 g/mol. The highest BCUT2D eigenvalue weighted by Gasteiger charge is 2.28. The molecule has 1 amide bonds. The Bertz CT molecular complexity index is 608. The number of aromatic amines is 1. The molecule has 0 radical (unpaired) electrons. The number of nitrogens with one attached hydrogen (secondary N) is 2. The van der Waals surface area contributed by atoms with Crippen molar-refractivity contribution in [3.63, 3.8) is 0 Å². The lowest BCUT2D eigenvalue weighted by molar-refractivity contribution is 0.0979. The first-order chi connectivity index (χ1) is 10.3. The third-order valence-electron chi connectivity index (χ3n) is 3.86. The number of hydrogen-bond acceptors (Lipinski definition) is 3. The van der Waals surface area contributed by atoms with Crippen LogP contribution in [0.2, 0.25) is 0 Å². The van der Waals surface area contributed by atoms with Crippen LogP contribution < -0.4 is 10.2 Å². The molecule has 1 aromatic carbocycles. The summed E-state index contributed by atoms with van der Waals surface area (Å²) < 4.78 is 0. The van der Waals surface area contributed by atoms with Crippen molar-refractivity contribution in [1.29, 1.82) is 0 Å². The zero-order valence-corrected chi connectivity index (χ0v) is 12.2. The van der Waals surface area contributed by atoms with E-state index in [0.717, 1.165) is 31.6 Å². The van der Waals surface area contributed by atoms with Gasteiger partial charge in [0, 0.05) is 24.5 Å². The van der Waals surface area contributed by atoms with Crippen LogP contribution >= 0.6 is 0 Å². The lowest BCUT2D eigenvalue weighted by atomic mass is 9.96. The number of anilines is 1. The minimum atomic E-state index is -0.0195. The molecule has 1 unspecified atom stereocenters. The molecular weight excluding hydrogens is 264 g/mol. The van der Waals surface area contributed by atoms with Gasteiger partial charge in [0.15, 0.2) is 0 Å². The third-order valence-corrected chi connectivity index (χ3v) is 3.86. The smallest absolute Gasteiger partial charge is 0.276 e. The molecule has 3 rings (SSSR count). The summed E-state index contributed by atoms with van der Waals surface area (Å²) in [6.45, 7) is 3.87. The maximum Gasteiger partial charge on any atom is 0.276 e. The quantitative estimate of drug-likeness (QED) is 0.907. The van der Waals surface area contributed by atoms with Crippen LogP contribution in [0.15, 0.2) is 36.5 Å². The van der Waals surface area contributed by atoms with Gasteiger partial charge in [0.05, 0.1) is 0 Å². The van der Waals surface area contributed by atoms with E-state index in [2.05, 4.69) is 28.5 Å². The van der Waals surface area contributed by atoms with Gasteiger partial charge < -0.3 is 10.2 Å². The van der Waals surface area contributed by atoms with Gasteiger partial charge >= 0.3 is 0 Å². The number of aromatic nitrogens is 2. The van der Waals surface area contributed by atoms with Gasteiger partial charge in [-0.25, -0.2) is 0 Å².